The zero-order valence-electron chi connectivity index (χ0n) is 21.2. The van der Waals surface area contributed by atoms with E-state index in [1.165, 1.54) is 50.6 Å². The van der Waals surface area contributed by atoms with Gasteiger partial charge in [0.1, 0.15) is 34.5 Å². The highest BCUT2D eigenvalue weighted by molar-refractivity contribution is 6.50. The van der Waals surface area contributed by atoms with Crippen LogP contribution < -0.4 is 9.47 Å². The number of ether oxygens (including phenoxy) is 2. The van der Waals surface area contributed by atoms with Gasteiger partial charge < -0.3 is 29.9 Å². The molecule has 10 nitrogen and oxygen atoms in total. The van der Waals surface area contributed by atoms with Gasteiger partial charge in [-0.2, -0.15) is 0 Å². The molecule has 0 aliphatic rings. The molecular weight excluding hydrogens is 520 g/mol. The number of ketones is 4. The van der Waals surface area contributed by atoms with Crippen molar-refractivity contribution in [3.05, 3.63) is 95.1 Å². The highest BCUT2D eigenvalue weighted by Crippen LogP contribution is 2.42. The fourth-order valence-corrected chi connectivity index (χ4v) is 3.99. The van der Waals surface area contributed by atoms with Crippen LogP contribution in [0.15, 0.2) is 72.8 Å². The van der Waals surface area contributed by atoms with Crippen LogP contribution in [0.1, 0.15) is 41.4 Å². The van der Waals surface area contributed by atoms with E-state index >= 15 is 0 Å². The SMILES string of the molecule is COc1cccc(C(=O)C(=O)c2cc(-c3cc(C(=O)C(=O)c4cccc(OC)c4)c(O)cc3O)c(O)cc2O)c1. The molecule has 202 valence electrons. The third kappa shape index (κ3) is 5.18. The predicted octanol–water partition coefficient (Wildman–Crippen LogP) is 4.32. The zero-order chi connectivity index (χ0) is 29.1. The maximum atomic E-state index is 13.0. The molecule has 4 aromatic carbocycles. The molecule has 4 N–H and O–H groups in total. The maximum absolute atomic E-state index is 13.0. The van der Waals surface area contributed by atoms with Crippen molar-refractivity contribution in [1.82, 2.24) is 0 Å². The zero-order valence-corrected chi connectivity index (χ0v) is 21.2. The Morgan fingerprint density at radius 1 is 0.500 bits per heavy atom. The molecular formula is C30H22O10. The van der Waals surface area contributed by atoms with Gasteiger partial charge in [-0.3, -0.25) is 19.2 Å². The van der Waals surface area contributed by atoms with E-state index < -0.39 is 57.3 Å². The number of phenols is 4. The molecule has 0 aliphatic heterocycles. The van der Waals surface area contributed by atoms with Gasteiger partial charge in [-0.25, -0.2) is 0 Å². The van der Waals surface area contributed by atoms with E-state index in [0.717, 1.165) is 24.3 Å². The third-order valence-electron chi connectivity index (χ3n) is 6.08. The molecule has 4 aromatic rings. The number of benzene rings is 4. The standard InChI is InChI=1S/C30H22O10/c1-39-17-7-3-5-15(9-17)27(35)29(37)21-11-19(23(31)13-25(21)33)20-12-22(26(34)14-24(20)32)30(38)28(36)16-6-4-8-18(10-16)40-2/h3-14,31-34H,1-2H3. The summed E-state index contributed by atoms with van der Waals surface area (Å²) in [6.45, 7) is 0. The van der Waals surface area contributed by atoms with Crippen molar-refractivity contribution in [1.29, 1.82) is 0 Å². The second kappa shape index (κ2) is 11.0. The first-order chi connectivity index (χ1) is 19.0. The normalized spacial score (nSPS) is 10.6. The first-order valence-electron chi connectivity index (χ1n) is 11.6. The first kappa shape index (κ1) is 27.4. The molecule has 0 aromatic heterocycles. The number of phenolic OH excluding ortho intramolecular Hbond substituents is 4. The van der Waals surface area contributed by atoms with E-state index in [1.807, 2.05) is 0 Å². The van der Waals surface area contributed by atoms with Crippen LogP contribution in [0.4, 0.5) is 0 Å². The van der Waals surface area contributed by atoms with Crippen molar-refractivity contribution >= 4 is 23.1 Å². The summed E-state index contributed by atoms with van der Waals surface area (Å²) in [7, 11) is 2.77. The van der Waals surface area contributed by atoms with Crippen molar-refractivity contribution in [2.24, 2.45) is 0 Å². The summed E-state index contributed by atoms with van der Waals surface area (Å²) in [5.41, 5.74) is -1.58. The van der Waals surface area contributed by atoms with Gasteiger partial charge in [-0.1, -0.05) is 24.3 Å². The maximum Gasteiger partial charge on any atom is 0.237 e. The van der Waals surface area contributed by atoms with Crippen molar-refractivity contribution < 1.29 is 49.1 Å². The van der Waals surface area contributed by atoms with Gasteiger partial charge in [-0.15, -0.1) is 0 Å². The van der Waals surface area contributed by atoms with Gasteiger partial charge in [0, 0.05) is 34.4 Å². The van der Waals surface area contributed by atoms with Crippen LogP contribution in [0.5, 0.6) is 34.5 Å². The van der Waals surface area contributed by atoms with Gasteiger partial charge in [0.2, 0.25) is 23.1 Å². The third-order valence-corrected chi connectivity index (χ3v) is 6.08. The van der Waals surface area contributed by atoms with Crippen LogP contribution in [0.25, 0.3) is 11.1 Å². The molecule has 40 heavy (non-hydrogen) atoms. The van der Waals surface area contributed by atoms with Crippen LogP contribution in [0.3, 0.4) is 0 Å². The van der Waals surface area contributed by atoms with Gasteiger partial charge in [0.15, 0.2) is 0 Å². The molecule has 0 fully saturated rings. The van der Waals surface area contributed by atoms with E-state index in [4.69, 9.17) is 9.47 Å². The lowest BCUT2D eigenvalue weighted by Crippen LogP contribution is -2.15. The lowest BCUT2D eigenvalue weighted by molar-refractivity contribution is 0.0815. The summed E-state index contributed by atoms with van der Waals surface area (Å²) in [4.78, 5) is 51.8. The Labute approximate surface area is 227 Å². The van der Waals surface area contributed by atoms with E-state index in [0.29, 0.717) is 11.5 Å². The molecule has 0 saturated carbocycles. The molecule has 0 bridgehead atoms. The summed E-state index contributed by atoms with van der Waals surface area (Å²) < 4.78 is 10.1. The molecule has 10 heteroatoms. The molecule has 0 saturated heterocycles. The Bertz CT molecular complexity index is 1560. The summed E-state index contributed by atoms with van der Waals surface area (Å²) in [5.74, 6) is -6.27. The highest BCUT2D eigenvalue weighted by Gasteiger charge is 2.27. The van der Waals surface area contributed by atoms with E-state index in [1.54, 1.807) is 12.1 Å². The number of carbonyl (C=O) groups excluding carboxylic acids is 4. The number of hydrogen-bond donors (Lipinski definition) is 4. The first-order valence-corrected chi connectivity index (χ1v) is 11.6. The molecule has 4 rings (SSSR count). The minimum Gasteiger partial charge on any atom is -0.507 e. The van der Waals surface area contributed by atoms with Gasteiger partial charge >= 0.3 is 0 Å². The van der Waals surface area contributed by atoms with E-state index in [2.05, 4.69) is 0 Å². The van der Waals surface area contributed by atoms with Crippen LogP contribution in [-0.4, -0.2) is 57.8 Å². The van der Waals surface area contributed by atoms with Gasteiger partial charge in [-0.05, 0) is 36.4 Å². The lowest BCUT2D eigenvalue weighted by atomic mass is 9.92. The number of carbonyl (C=O) groups is 4. The Hall–Kier alpha value is -5.64. The number of methoxy groups -OCH3 is 2. The molecule has 0 spiro atoms. The summed E-state index contributed by atoms with van der Waals surface area (Å²) in [6.07, 6.45) is 0. The van der Waals surface area contributed by atoms with Crippen LogP contribution in [0.2, 0.25) is 0 Å². The van der Waals surface area contributed by atoms with Gasteiger partial charge in [0.05, 0.1) is 25.3 Å². The molecule has 0 unspecified atom stereocenters. The second-order valence-corrected chi connectivity index (χ2v) is 8.55. The molecule has 0 amide bonds. The minimum absolute atomic E-state index is 0.0187. The quantitative estimate of drug-likeness (QED) is 0.177. The average Bonchev–Trinajstić information content (AvgIpc) is 2.96. The van der Waals surface area contributed by atoms with Crippen LogP contribution in [-0.2, 0) is 0 Å². The highest BCUT2D eigenvalue weighted by atomic mass is 16.5. The molecule has 0 aliphatic carbocycles. The summed E-state index contributed by atoms with van der Waals surface area (Å²) >= 11 is 0. The van der Waals surface area contributed by atoms with Crippen LogP contribution in [0, 0.1) is 0 Å². The molecule has 0 atom stereocenters. The molecule has 0 radical (unpaired) electrons. The van der Waals surface area contributed by atoms with E-state index in [9.17, 15) is 39.6 Å². The topological polar surface area (TPSA) is 168 Å². The van der Waals surface area contributed by atoms with E-state index in [-0.39, 0.29) is 22.3 Å². The lowest BCUT2D eigenvalue weighted by Gasteiger charge is -2.13. The number of aromatic hydroxyl groups is 4. The summed E-state index contributed by atoms with van der Waals surface area (Å²) in [6, 6.07) is 15.1. The molecule has 0 heterocycles. The fraction of sp³-hybridized carbons (Fsp3) is 0.0667. The van der Waals surface area contributed by atoms with Crippen molar-refractivity contribution in [3.8, 4) is 45.6 Å². The van der Waals surface area contributed by atoms with Crippen LogP contribution >= 0.6 is 0 Å². The second-order valence-electron chi connectivity index (χ2n) is 8.55. The average molecular weight is 542 g/mol. The largest absolute Gasteiger partial charge is 0.507 e. The Morgan fingerprint density at radius 2 is 0.875 bits per heavy atom. The number of Topliss-reactive ketones (excluding diaryl/α,β-unsaturated/α-hetero) is 4. The van der Waals surface area contributed by atoms with Crippen molar-refractivity contribution in [2.45, 2.75) is 0 Å². The monoisotopic (exact) mass is 542 g/mol. The Morgan fingerprint density at radius 3 is 1.23 bits per heavy atom. The summed E-state index contributed by atoms with van der Waals surface area (Å²) in [5, 5.41) is 41.8. The Balaban J connectivity index is 1.76. The Kier molecular flexibility index (Phi) is 7.53. The number of hydrogen-bond acceptors (Lipinski definition) is 10. The number of rotatable bonds is 9. The van der Waals surface area contributed by atoms with Gasteiger partial charge in [0.25, 0.3) is 0 Å². The minimum atomic E-state index is -1.13. The van der Waals surface area contributed by atoms with Crippen molar-refractivity contribution in [2.75, 3.05) is 14.2 Å². The van der Waals surface area contributed by atoms with Crippen molar-refractivity contribution in [3.63, 3.8) is 0 Å². The fourth-order valence-electron chi connectivity index (χ4n) is 3.99. The smallest absolute Gasteiger partial charge is 0.237 e. The predicted molar refractivity (Wildman–Crippen MR) is 142 cm³/mol.